The number of hydrogen-bond donors (Lipinski definition) is 0. The Hall–Kier alpha value is -1.58. The van der Waals surface area contributed by atoms with Crippen molar-refractivity contribution in [3.8, 4) is 0 Å². The number of halogens is 2. The van der Waals surface area contributed by atoms with Gasteiger partial charge in [-0.15, -0.1) is 0 Å². The summed E-state index contributed by atoms with van der Waals surface area (Å²) in [6, 6.07) is 0. The molecular formula is C9H5F2NO. The largest absolute Gasteiger partial charge is 0.294 e. The van der Waals surface area contributed by atoms with Gasteiger partial charge in [-0.05, 0) is 6.08 Å². The van der Waals surface area contributed by atoms with Gasteiger partial charge in [0, 0.05) is 18.4 Å². The Morgan fingerprint density at radius 1 is 1.31 bits per heavy atom. The van der Waals surface area contributed by atoms with Crippen molar-refractivity contribution >= 4 is 11.5 Å². The minimum absolute atomic E-state index is 0.130. The summed E-state index contributed by atoms with van der Waals surface area (Å²) in [5.74, 6) is -2.92. The first kappa shape index (κ1) is 8.04. The van der Waals surface area contributed by atoms with Gasteiger partial charge in [-0.3, -0.25) is 9.79 Å². The van der Waals surface area contributed by atoms with E-state index in [1.54, 1.807) is 0 Å². The van der Waals surface area contributed by atoms with Crippen LogP contribution >= 0.6 is 0 Å². The van der Waals surface area contributed by atoms with Gasteiger partial charge in [-0.25, -0.2) is 8.78 Å². The Morgan fingerprint density at radius 2 is 2.08 bits per heavy atom. The van der Waals surface area contributed by atoms with Crippen LogP contribution < -0.4 is 0 Å². The molecule has 2 rings (SSSR count). The van der Waals surface area contributed by atoms with Crippen molar-refractivity contribution in [2.75, 3.05) is 0 Å². The summed E-state index contributed by atoms with van der Waals surface area (Å²) in [6.07, 6.45) is 4.20. The number of nitrogens with zero attached hydrogens (tertiary/aromatic N) is 1. The Morgan fingerprint density at radius 3 is 2.85 bits per heavy atom. The zero-order valence-corrected chi connectivity index (χ0v) is 6.50. The van der Waals surface area contributed by atoms with E-state index in [0.717, 1.165) is 6.08 Å². The number of allylic oxidation sites excluding steroid dienone is 5. The van der Waals surface area contributed by atoms with Crippen LogP contribution in [0.3, 0.4) is 0 Å². The fourth-order valence-corrected chi connectivity index (χ4v) is 1.31. The number of carbonyl (C=O) groups is 1. The molecule has 0 aromatic heterocycles. The maximum Gasteiger partial charge on any atom is 0.173 e. The molecule has 1 unspecified atom stereocenters. The zero-order chi connectivity index (χ0) is 9.42. The quantitative estimate of drug-likeness (QED) is 0.560. The standard InChI is InChI=1S/C9H5F2NO/c10-5-3-6(11)9-7(4-5)12-2-1-8(9)13/h1-4,9H. The van der Waals surface area contributed by atoms with Gasteiger partial charge in [0.25, 0.3) is 0 Å². The topological polar surface area (TPSA) is 29.4 Å². The van der Waals surface area contributed by atoms with Crippen molar-refractivity contribution in [3.63, 3.8) is 0 Å². The van der Waals surface area contributed by atoms with Crippen LogP contribution in [0.15, 0.2) is 41.1 Å². The monoisotopic (exact) mass is 181 g/mol. The molecule has 1 aliphatic heterocycles. The second-order valence-electron chi connectivity index (χ2n) is 2.76. The second kappa shape index (κ2) is 2.73. The molecule has 1 aliphatic carbocycles. The summed E-state index contributed by atoms with van der Waals surface area (Å²) >= 11 is 0. The summed E-state index contributed by atoms with van der Waals surface area (Å²) in [5.41, 5.74) is 0.130. The normalized spacial score (nSPS) is 26.2. The van der Waals surface area contributed by atoms with Gasteiger partial charge in [-0.2, -0.15) is 0 Å². The summed E-state index contributed by atoms with van der Waals surface area (Å²) < 4.78 is 25.7. The summed E-state index contributed by atoms with van der Waals surface area (Å²) in [6.45, 7) is 0. The molecular weight excluding hydrogens is 176 g/mol. The number of carbonyl (C=O) groups excluding carboxylic acids is 1. The minimum atomic E-state index is -1.02. The van der Waals surface area contributed by atoms with Crippen LogP contribution in [0.4, 0.5) is 8.78 Å². The van der Waals surface area contributed by atoms with Gasteiger partial charge >= 0.3 is 0 Å². The summed E-state index contributed by atoms with van der Waals surface area (Å²) in [4.78, 5) is 14.9. The molecule has 1 atom stereocenters. The molecule has 2 nitrogen and oxygen atoms in total. The lowest BCUT2D eigenvalue weighted by Gasteiger charge is -2.17. The Bertz CT molecular complexity index is 390. The minimum Gasteiger partial charge on any atom is -0.294 e. The van der Waals surface area contributed by atoms with E-state index in [0.29, 0.717) is 6.08 Å². The van der Waals surface area contributed by atoms with Crippen molar-refractivity contribution in [3.05, 3.63) is 36.1 Å². The van der Waals surface area contributed by atoms with Crippen LogP contribution in [0.5, 0.6) is 0 Å². The van der Waals surface area contributed by atoms with E-state index in [2.05, 4.69) is 4.99 Å². The third-order valence-electron chi connectivity index (χ3n) is 1.88. The van der Waals surface area contributed by atoms with Crippen LogP contribution in [0.25, 0.3) is 0 Å². The second-order valence-corrected chi connectivity index (χ2v) is 2.76. The fraction of sp³-hybridized carbons (Fsp3) is 0.111. The molecule has 0 radical (unpaired) electrons. The third kappa shape index (κ3) is 1.24. The Kier molecular flexibility index (Phi) is 1.69. The maximum atomic E-state index is 13.1. The molecule has 4 heteroatoms. The van der Waals surface area contributed by atoms with E-state index >= 15 is 0 Å². The SMILES string of the molecule is O=C1C=CN=C2C=C(F)C=C(F)C12. The average Bonchev–Trinajstić information content (AvgIpc) is 2.02. The molecule has 0 fully saturated rings. The van der Waals surface area contributed by atoms with Crippen molar-refractivity contribution in [1.82, 2.24) is 0 Å². The van der Waals surface area contributed by atoms with Crippen LogP contribution in [0.2, 0.25) is 0 Å². The first-order valence-electron chi connectivity index (χ1n) is 3.71. The average molecular weight is 181 g/mol. The zero-order valence-electron chi connectivity index (χ0n) is 6.50. The highest BCUT2D eigenvalue weighted by molar-refractivity contribution is 6.18. The van der Waals surface area contributed by atoms with E-state index in [1.807, 2.05) is 0 Å². The molecule has 0 saturated carbocycles. The van der Waals surface area contributed by atoms with Gasteiger partial charge in [0.2, 0.25) is 0 Å². The molecule has 0 amide bonds. The first-order valence-corrected chi connectivity index (χ1v) is 3.71. The molecule has 0 saturated heterocycles. The third-order valence-corrected chi connectivity index (χ3v) is 1.88. The smallest absolute Gasteiger partial charge is 0.173 e. The first-order chi connectivity index (χ1) is 6.18. The highest BCUT2D eigenvalue weighted by Gasteiger charge is 2.31. The van der Waals surface area contributed by atoms with Crippen LogP contribution in [-0.4, -0.2) is 11.5 Å². The maximum absolute atomic E-state index is 13.1. The van der Waals surface area contributed by atoms with E-state index < -0.39 is 23.4 Å². The van der Waals surface area contributed by atoms with E-state index in [4.69, 9.17) is 0 Å². The summed E-state index contributed by atoms with van der Waals surface area (Å²) in [5, 5.41) is 0. The Labute approximate surface area is 73.0 Å². The van der Waals surface area contributed by atoms with E-state index in [1.165, 1.54) is 12.3 Å². The lowest BCUT2D eigenvalue weighted by Crippen LogP contribution is -2.26. The van der Waals surface area contributed by atoms with Crippen molar-refractivity contribution in [1.29, 1.82) is 0 Å². The highest BCUT2D eigenvalue weighted by atomic mass is 19.1. The number of hydrogen-bond acceptors (Lipinski definition) is 2. The number of fused-ring (bicyclic) bond motifs is 1. The van der Waals surface area contributed by atoms with Gasteiger partial charge in [0.1, 0.15) is 17.6 Å². The number of rotatable bonds is 0. The lowest BCUT2D eigenvalue weighted by atomic mass is 9.91. The molecule has 0 aromatic carbocycles. The van der Waals surface area contributed by atoms with Crippen LogP contribution in [-0.2, 0) is 4.79 Å². The van der Waals surface area contributed by atoms with Gasteiger partial charge in [-0.1, -0.05) is 0 Å². The molecule has 13 heavy (non-hydrogen) atoms. The fourth-order valence-electron chi connectivity index (χ4n) is 1.31. The van der Waals surface area contributed by atoms with Crippen molar-refractivity contribution < 1.29 is 13.6 Å². The molecule has 1 heterocycles. The molecule has 0 aromatic rings. The van der Waals surface area contributed by atoms with Crippen molar-refractivity contribution in [2.45, 2.75) is 0 Å². The van der Waals surface area contributed by atoms with E-state index in [9.17, 15) is 13.6 Å². The molecule has 0 bridgehead atoms. The van der Waals surface area contributed by atoms with Crippen LogP contribution in [0.1, 0.15) is 0 Å². The predicted octanol–water partition coefficient (Wildman–Crippen LogP) is 1.86. The highest BCUT2D eigenvalue weighted by Crippen LogP contribution is 2.27. The molecule has 66 valence electrons. The van der Waals surface area contributed by atoms with E-state index in [-0.39, 0.29) is 5.71 Å². The lowest BCUT2D eigenvalue weighted by molar-refractivity contribution is -0.116. The Balaban J connectivity index is 2.50. The van der Waals surface area contributed by atoms with Crippen molar-refractivity contribution in [2.24, 2.45) is 10.9 Å². The number of aliphatic imine (C=N–C) groups is 1. The molecule has 0 spiro atoms. The van der Waals surface area contributed by atoms with Gasteiger partial charge in [0.15, 0.2) is 5.78 Å². The predicted molar refractivity (Wildman–Crippen MR) is 43.5 cm³/mol. The molecule has 0 N–H and O–H groups in total. The number of ketones is 1. The summed E-state index contributed by atoms with van der Waals surface area (Å²) in [7, 11) is 0. The van der Waals surface area contributed by atoms with Gasteiger partial charge in [0.05, 0.1) is 5.71 Å². The van der Waals surface area contributed by atoms with Gasteiger partial charge < -0.3 is 0 Å². The molecule has 2 aliphatic rings. The van der Waals surface area contributed by atoms with Crippen LogP contribution in [0, 0.1) is 5.92 Å².